The first-order valence-electron chi connectivity index (χ1n) is 8.34. The maximum atomic E-state index is 13.1. The molecule has 1 aliphatic rings. The number of sulfonamides is 1. The van der Waals surface area contributed by atoms with Crippen LogP contribution in [0.1, 0.15) is 48.1 Å². The zero-order valence-electron chi connectivity index (χ0n) is 14.5. The molecule has 1 aliphatic carbocycles. The van der Waals surface area contributed by atoms with Gasteiger partial charge in [-0.15, -0.1) is 11.3 Å². The molecule has 0 aromatic carbocycles. The van der Waals surface area contributed by atoms with Crippen molar-refractivity contribution in [2.24, 2.45) is 5.92 Å². The van der Waals surface area contributed by atoms with Gasteiger partial charge in [0.25, 0.3) is 0 Å². The highest BCUT2D eigenvalue weighted by molar-refractivity contribution is 7.89. The fraction of sp³-hybridized carbons (Fsp3) is 0.588. The number of hydrogen-bond donors (Lipinski definition) is 1. The van der Waals surface area contributed by atoms with Crippen molar-refractivity contribution >= 4 is 21.4 Å². The number of aromatic nitrogens is 1. The third kappa shape index (κ3) is 3.43. The smallest absolute Gasteiger partial charge is 0.242 e. The average molecular weight is 369 g/mol. The van der Waals surface area contributed by atoms with Gasteiger partial charge in [-0.2, -0.15) is 0 Å². The summed E-state index contributed by atoms with van der Waals surface area (Å²) in [6, 6.07) is 1.81. The van der Waals surface area contributed by atoms with E-state index in [0.29, 0.717) is 22.1 Å². The van der Waals surface area contributed by atoms with Crippen molar-refractivity contribution in [1.29, 1.82) is 0 Å². The van der Waals surface area contributed by atoms with Gasteiger partial charge in [-0.1, -0.05) is 12.1 Å². The Bertz CT molecular complexity index is 828. The molecule has 0 atom stereocenters. The summed E-state index contributed by atoms with van der Waals surface area (Å²) >= 11 is 1.48. The van der Waals surface area contributed by atoms with Crippen LogP contribution in [0, 0.1) is 26.7 Å². The minimum absolute atomic E-state index is 0.0233. The van der Waals surface area contributed by atoms with E-state index in [1.54, 1.807) is 6.07 Å². The summed E-state index contributed by atoms with van der Waals surface area (Å²) < 4.78 is 34.4. The van der Waals surface area contributed by atoms with Gasteiger partial charge in [-0.05, 0) is 52.4 Å². The lowest BCUT2D eigenvalue weighted by molar-refractivity contribution is 0.332. The number of aryl methyl sites for hydroxylation is 3. The molecular weight excluding hydrogens is 344 g/mol. The molecule has 5 nitrogen and oxygen atoms in total. The van der Waals surface area contributed by atoms with E-state index in [0.717, 1.165) is 41.1 Å². The van der Waals surface area contributed by atoms with Crippen LogP contribution in [0.15, 0.2) is 15.5 Å². The van der Waals surface area contributed by atoms with E-state index in [1.807, 2.05) is 20.8 Å². The standard InChI is InChI=1S/C17H24N2O3S2/c1-10-5-7-14(8-6-10)19-24(20,21)17-13(4)23-12(3)16(17)15-9-11(2)18-22-15/h9-10,14,19H,5-8H2,1-4H3. The van der Waals surface area contributed by atoms with E-state index in [4.69, 9.17) is 4.52 Å². The second kappa shape index (κ2) is 6.61. The zero-order chi connectivity index (χ0) is 17.5. The van der Waals surface area contributed by atoms with Gasteiger partial charge in [-0.3, -0.25) is 0 Å². The number of nitrogens with one attached hydrogen (secondary N) is 1. The number of thiophene rings is 1. The van der Waals surface area contributed by atoms with Crippen LogP contribution in [-0.4, -0.2) is 19.6 Å². The molecule has 3 rings (SSSR count). The summed E-state index contributed by atoms with van der Waals surface area (Å²) in [6.45, 7) is 7.83. The fourth-order valence-corrected chi connectivity index (χ4v) is 6.58. The van der Waals surface area contributed by atoms with Crippen LogP contribution < -0.4 is 4.72 Å². The van der Waals surface area contributed by atoms with Crippen molar-refractivity contribution < 1.29 is 12.9 Å². The summed E-state index contributed by atoms with van der Waals surface area (Å²) in [5.41, 5.74) is 1.39. The number of rotatable bonds is 4. The van der Waals surface area contributed by atoms with Gasteiger partial charge in [0.05, 0.1) is 11.3 Å². The maximum Gasteiger partial charge on any atom is 0.242 e. The molecule has 7 heteroatoms. The van der Waals surface area contributed by atoms with Crippen LogP contribution in [0.5, 0.6) is 0 Å². The molecular formula is C17H24N2O3S2. The van der Waals surface area contributed by atoms with Gasteiger partial charge in [0.1, 0.15) is 4.90 Å². The van der Waals surface area contributed by atoms with Gasteiger partial charge in [0.2, 0.25) is 10.0 Å². The summed E-state index contributed by atoms with van der Waals surface area (Å²) in [7, 11) is -3.58. The molecule has 0 radical (unpaired) electrons. The molecule has 2 aromatic heterocycles. The lowest BCUT2D eigenvalue weighted by atomic mass is 9.88. The monoisotopic (exact) mass is 368 g/mol. The molecule has 1 saturated carbocycles. The number of hydrogen-bond acceptors (Lipinski definition) is 5. The molecule has 0 unspecified atom stereocenters. The topological polar surface area (TPSA) is 72.2 Å². The first kappa shape index (κ1) is 17.6. The summed E-state index contributed by atoms with van der Waals surface area (Å²) in [6.07, 6.45) is 3.95. The van der Waals surface area contributed by atoms with Gasteiger partial charge in [-0.25, -0.2) is 13.1 Å². The molecule has 0 saturated heterocycles. The van der Waals surface area contributed by atoms with Crippen molar-refractivity contribution in [3.8, 4) is 11.3 Å². The average Bonchev–Trinajstić information content (AvgIpc) is 3.04. The summed E-state index contributed by atoms with van der Waals surface area (Å²) in [5.74, 6) is 1.20. The molecule has 0 amide bonds. The van der Waals surface area contributed by atoms with E-state index < -0.39 is 10.0 Å². The first-order chi connectivity index (χ1) is 11.3. The Morgan fingerprint density at radius 3 is 2.42 bits per heavy atom. The lowest BCUT2D eigenvalue weighted by Crippen LogP contribution is -2.37. The van der Waals surface area contributed by atoms with E-state index in [9.17, 15) is 8.42 Å². The molecule has 1 fully saturated rings. The van der Waals surface area contributed by atoms with Crippen molar-refractivity contribution in [3.63, 3.8) is 0 Å². The predicted octanol–water partition coefficient (Wildman–Crippen LogP) is 4.19. The fourth-order valence-electron chi connectivity index (χ4n) is 3.41. The quantitative estimate of drug-likeness (QED) is 0.878. The molecule has 24 heavy (non-hydrogen) atoms. The van der Waals surface area contributed by atoms with Crippen LogP contribution in [-0.2, 0) is 10.0 Å². The zero-order valence-corrected chi connectivity index (χ0v) is 16.2. The van der Waals surface area contributed by atoms with Crippen molar-refractivity contribution in [3.05, 3.63) is 21.5 Å². The van der Waals surface area contributed by atoms with Crippen molar-refractivity contribution in [2.75, 3.05) is 0 Å². The molecule has 0 bridgehead atoms. The van der Waals surface area contributed by atoms with Crippen LogP contribution in [0.4, 0.5) is 0 Å². The van der Waals surface area contributed by atoms with Crippen LogP contribution in [0.2, 0.25) is 0 Å². The molecule has 0 aliphatic heterocycles. The molecule has 132 valence electrons. The Balaban J connectivity index is 1.96. The van der Waals surface area contributed by atoms with Gasteiger partial charge in [0, 0.05) is 21.9 Å². The molecule has 0 spiro atoms. The van der Waals surface area contributed by atoms with Crippen LogP contribution >= 0.6 is 11.3 Å². The Hall–Kier alpha value is -1.18. The SMILES string of the molecule is Cc1cc(-c2c(C)sc(C)c2S(=O)(=O)NC2CCC(C)CC2)on1. The molecule has 2 aromatic rings. The third-order valence-corrected chi connectivity index (χ3v) is 7.53. The van der Waals surface area contributed by atoms with Crippen LogP contribution in [0.25, 0.3) is 11.3 Å². The second-order valence-corrected chi connectivity index (χ2v) is 9.91. The minimum Gasteiger partial charge on any atom is -0.356 e. The second-order valence-electron chi connectivity index (χ2n) is 6.83. The Kier molecular flexibility index (Phi) is 4.86. The van der Waals surface area contributed by atoms with E-state index in [1.165, 1.54) is 11.3 Å². The largest absolute Gasteiger partial charge is 0.356 e. The normalized spacial score (nSPS) is 22.0. The highest BCUT2D eigenvalue weighted by Gasteiger charge is 2.31. The minimum atomic E-state index is -3.58. The molecule has 2 heterocycles. The van der Waals surface area contributed by atoms with Crippen LogP contribution in [0.3, 0.4) is 0 Å². The summed E-state index contributed by atoms with van der Waals surface area (Å²) in [5, 5.41) is 3.90. The summed E-state index contributed by atoms with van der Waals surface area (Å²) in [4.78, 5) is 2.06. The number of nitrogens with zero attached hydrogens (tertiary/aromatic N) is 1. The van der Waals surface area contributed by atoms with E-state index >= 15 is 0 Å². The van der Waals surface area contributed by atoms with Gasteiger partial charge in [0.15, 0.2) is 5.76 Å². The van der Waals surface area contributed by atoms with E-state index in [2.05, 4.69) is 16.8 Å². The highest BCUT2D eigenvalue weighted by atomic mass is 32.2. The van der Waals surface area contributed by atoms with Crippen molar-refractivity contribution in [1.82, 2.24) is 9.88 Å². The maximum absolute atomic E-state index is 13.1. The molecule has 1 N–H and O–H groups in total. The lowest BCUT2D eigenvalue weighted by Gasteiger charge is -2.26. The van der Waals surface area contributed by atoms with Gasteiger partial charge >= 0.3 is 0 Å². The Morgan fingerprint density at radius 2 is 1.83 bits per heavy atom. The highest BCUT2D eigenvalue weighted by Crippen LogP contribution is 2.39. The first-order valence-corrected chi connectivity index (χ1v) is 10.6. The van der Waals surface area contributed by atoms with Gasteiger partial charge < -0.3 is 4.52 Å². The predicted molar refractivity (Wildman–Crippen MR) is 95.8 cm³/mol. The Morgan fingerprint density at radius 1 is 1.17 bits per heavy atom. The van der Waals surface area contributed by atoms with E-state index in [-0.39, 0.29) is 6.04 Å². The Labute approximate surface area is 147 Å². The third-order valence-electron chi connectivity index (χ3n) is 4.69. The van der Waals surface area contributed by atoms with Crippen molar-refractivity contribution in [2.45, 2.75) is 64.3 Å².